The lowest BCUT2D eigenvalue weighted by atomic mass is 10.1. The molecule has 0 amide bonds. The number of nitrogens with one attached hydrogen (secondary N) is 1. The first kappa shape index (κ1) is 15.5. The van der Waals surface area contributed by atoms with Crippen molar-refractivity contribution in [2.75, 3.05) is 4.72 Å². The van der Waals surface area contributed by atoms with Gasteiger partial charge in [-0.2, -0.15) is 0 Å². The first-order chi connectivity index (χ1) is 9.29. The summed E-state index contributed by atoms with van der Waals surface area (Å²) in [5, 5.41) is 0. The Morgan fingerprint density at radius 3 is 2.10 bits per heavy atom. The van der Waals surface area contributed by atoms with Gasteiger partial charge >= 0.3 is 0 Å². The molecule has 106 valence electrons. The van der Waals surface area contributed by atoms with Crippen molar-refractivity contribution in [2.45, 2.75) is 18.7 Å². The fourth-order valence-corrected chi connectivity index (χ4v) is 4.39. The number of sulfonamides is 1. The maximum atomic E-state index is 12.4. The standard InChI is InChI=1S/C14H13Br2NO2S/c1-9-6-12(16)7-10(2)14(9)17-20(18,19)13-5-3-4-11(15)8-13/h3-8,17H,1-2H3. The molecule has 0 radical (unpaired) electrons. The van der Waals surface area contributed by atoms with Gasteiger partial charge < -0.3 is 0 Å². The Bertz CT molecular complexity index is 735. The Labute approximate surface area is 135 Å². The number of aryl methyl sites for hydroxylation is 2. The minimum absolute atomic E-state index is 0.230. The molecule has 0 aliphatic carbocycles. The van der Waals surface area contributed by atoms with Crippen LogP contribution in [0.15, 0.2) is 50.2 Å². The molecule has 0 aliphatic rings. The van der Waals surface area contributed by atoms with E-state index in [9.17, 15) is 8.42 Å². The summed E-state index contributed by atoms with van der Waals surface area (Å²) in [5.74, 6) is 0. The van der Waals surface area contributed by atoms with Crippen LogP contribution in [0.2, 0.25) is 0 Å². The molecule has 2 aromatic rings. The van der Waals surface area contributed by atoms with Crippen LogP contribution in [-0.4, -0.2) is 8.42 Å². The third-order valence-electron chi connectivity index (χ3n) is 2.84. The van der Waals surface area contributed by atoms with Gasteiger partial charge in [0, 0.05) is 8.95 Å². The predicted molar refractivity (Wildman–Crippen MR) is 88.6 cm³/mol. The Kier molecular flexibility index (Phi) is 4.56. The highest BCUT2D eigenvalue weighted by atomic mass is 79.9. The fraction of sp³-hybridized carbons (Fsp3) is 0.143. The molecule has 0 fully saturated rings. The summed E-state index contributed by atoms with van der Waals surface area (Å²) in [7, 11) is -3.59. The summed E-state index contributed by atoms with van der Waals surface area (Å²) < 4.78 is 29.1. The zero-order valence-corrected chi connectivity index (χ0v) is 14.9. The van der Waals surface area contributed by atoms with E-state index in [-0.39, 0.29) is 4.90 Å². The van der Waals surface area contributed by atoms with Crippen molar-refractivity contribution < 1.29 is 8.42 Å². The van der Waals surface area contributed by atoms with E-state index in [2.05, 4.69) is 36.6 Å². The second-order valence-electron chi connectivity index (χ2n) is 4.48. The van der Waals surface area contributed by atoms with Crippen LogP contribution < -0.4 is 4.72 Å². The van der Waals surface area contributed by atoms with E-state index in [1.807, 2.05) is 26.0 Å². The van der Waals surface area contributed by atoms with Crippen molar-refractivity contribution in [3.05, 3.63) is 56.5 Å². The van der Waals surface area contributed by atoms with Crippen molar-refractivity contribution in [1.29, 1.82) is 0 Å². The highest BCUT2D eigenvalue weighted by Crippen LogP contribution is 2.27. The molecule has 0 saturated heterocycles. The van der Waals surface area contributed by atoms with E-state index in [0.717, 1.165) is 20.1 Å². The molecule has 20 heavy (non-hydrogen) atoms. The van der Waals surface area contributed by atoms with Gasteiger partial charge in [-0.15, -0.1) is 0 Å². The van der Waals surface area contributed by atoms with Gasteiger partial charge in [-0.25, -0.2) is 8.42 Å². The second kappa shape index (κ2) is 5.87. The average molecular weight is 419 g/mol. The molecule has 2 rings (SSSR count). The first-order valence-corrected chi connectivity index (χ1v) is 8.91. The van der Waals surface area contributed by atoms with Gasteiger partial charge in [-0.1, -0.05) is 37.9 Å². The lowest BCUT2D eigenvalue weighted by Crippen LogP contribution is -2.14. The number of anilines is 1. The summed E-state index contributed by atoms with van der Waals surface area (Å²) in [6.07, 6.45) is 0. The monoisotopic (exact) mass is 417 g/mol. The van der Waals surface area contributed by atoms with Gasteiger partial charge in [0.2, 0.25) is 0 Å². The molecule has 0 aliphatic heterocycles. The maximum absolute atomic E-state index is 12.4. The molecule has 0 heterocycles. The number of hydrogen-bond donors (Lipinski definition) is 1. The van der Waals surface area contributed by atoms with Crippen molar-refractivity contribution in [1.82, 2.24) is 0 Å². The lowest BCUT2D eigenvalue weighted by molar-refractivity contribution is 0.601. The van der Waals surface area contributed by atoms with Crippen molar-refractivity contribution >= 4 is 47.6 Å². The molecule has 0 saturated carbocycles. The molecule has 6 heteroatoms. The summed E-state index contributed by atoms with van der Waals surface area (Å²) in [5.41, 5.74) is 2.36. The van der Waals surface area contributed by atoms with Crippen LogP contribution in [0.4, 0.5) is 5.69 Å². The summed E-state index contributed by atoms with van der Waals surface area (Å²) in [6.45, 7) is 3.74. The number of hydrogen-bond acceptors (Lipinski definition) is 2. The molecule has 0 aromatic heterocycles. The van der Waals surface area contributed by atoms with E-state index in [0.29, 0.717) is 5.69 Å². The van der Waals surface area contributed by atoms with Crippen molar-refractivity contribution in [3.8, 4) is 0 Å². The molecule has 1 N–H and O–H groups in total. The molecule has 2 aromatic carbocycles. The Morgan fingerprint density at radius 2 is 1.55 bits per heavy atom. The molecular formula is C14H13Br2NO2S. The molecule has 0 unspecified atom stereocenters. The predicted octanol–water partition coefficient (Wildman–Crippen LogP) is 4.63. The first-order valence-electron chi connectivity index (χ1n) is 5.85. The Balaban J connectivity index is 2.44. The van der Waals surface area contributed by atoms with Crippen molar-refractivity contribution in [2.24, 2.45) is 0 Å². The van der Waals surface area contributed by atoms with Crippen LogP contribution in [0.1, 0.15) is 11.1 Å². The van der Waals surface area contributed by atoms with Crippen LogP contribution in [0, 0.1) is 13.8 Å². The second-order valence-corrected chi connectivity index (χ2v) is 7.99. The third kappa shape index (κ3) is 3.42. The lowest BCUT2D eigenvalue weighted by Gasteiger charge is -2.14. The van der Waals surface area contributed by atoms with Crippen molar-refractivity contribution in [3.63, 3.8) is 0 Å². The van der Waals surface area contributed by atoms with E-state index in [1.165, 1.54) is 0 Å². The van der Waals surface area contributed by atoms with E-state index in [4.69, 9.17) is 0 Å². The summed E-state index contributed by atoms with van der Waals surface area (Å²) in [4.78, 5) is 0.230. The average Bonchev–Trinajstić information content (AvgIpc) is 2.34. The smallest absolute Gasteiger partial charge is 0.261 e. The largest absolute Gasteiger partial charge is 0.279 e. The maximum Gasteiger partial charge on any atom is 0.261 e. The minimum atomic E-state index is -3.59. The van der Waals surface area contributed by atoms with Crippen LogP contribution in [-0.2, 0) is 10.0 Å². The zero-order chi connectivity index (χ0) is 14.9. The Morgan fingerprint density at radius 1 is 0.950 bits per heavy atom. The van der Waals surface area contributed by atoms with Gasteiger partial charge in [0.1, 0.15) is 0 Å². The highest BCUT2D eigenvalue weighted by molar-refractivity contribution is 9.10. The SMILES string of the molecule is Cc1cc(Br)cc(C)c1NS(=O)(=O)c1cccc(Br)c1. The van der Waals surface area contributed by atoms with Gasteiger partial charge in [0.05, 0.1) is 10.6 Å². The summed E-state index contributed by atoms with van der Waals surface area (Å²) >= 11 is 6.68. The highest BCUT2D eigenvalue weighted by Gasteiger charge is 2.17. The Hall–Kier alpha value is -0.850. The van der Waals surface area contributed by atoms with Crippen LogP contribution in [0.25, 0.3) is 0 Å². The van der Waals surface area contributed by atoms with Crippen LogP contribution in [0.5, 0.6) is 0 Å². The van der Waals surface area contributed by atoms with Gasteiger partial charge in [0.25, 0.3) is 10.0 Å². The van der Waals surface area contributed by atoms with Gasteiger partial charge in [-0.05, 0) is 55.3 Å². The quantitative estimate of drug-likeness (QED) is 0.789. The van der Waals surface area contributed by atoms with Crippen LogP contribution >= 0.6 is 31.9 Å². The topological polar surface area (TPSA) is 46.2 Å². The van der Waals surface area contributed by atoms with Gasteiger partial charge in [-0.3, -0.25) is 4.72 Å². The van der Waals surface area contributed by atoms with E-state index < -0.39 is 10.0 Å². The molecule has 0 atom stereocenters. The fourth-order valence-electron chi connectivity index (χ4n) is 1.90. The normalized spacial score (nSPS) is 11.4. The number of rotatable bonds is 3. The summed E-state index contributed by atoms with van der Waals surface area (Å²) in [6, 6.07) is 10.4. The number of benzene rings is 2. The van der Waals surface area contributed by atoms with E-state index in [1.54, 1.807) is 24.3 Å². The third-order valence-corrected chi connectivity index (χ3v) is 5.14. The zero-order valence-electron chi connectivity index (χ0n) is 10.9. The molecule has 3 nitrogen and oxygen atoms in total. The molecule has 0 bridgehead atoms. The van der Waals surface area contributed by atoms with Crippen LogP contribution in [0.3, 0.4) is 0 Å². The minimum Gasteiger partial charge on any atom is -0.279 e. The molecule has 0 spiro atoms. The number of halogens is 2. The van der Waals surface area contributed by atoms with E-state index >= 15 is 0 Å². The molecular weight excluding hydrogens is 406 g/mol. The van der Waals surface area contributed by atoms with Gasteiger partial charge in [0.15, 0.2) is 0 Å².